The van der Waals surface area contributed by atoms with Gasteiger partial charge >= 0.3 is 6.09 Å². The number of amides is 2. The number of rotatable bonds is 3. The summed E-state index contributed by atoms with van der Waals surface area (Å²) in [4.78, 5) is 31.7. The van der Waals surface area contributed by atoms with Crippen LogP contribution in [0.5, 0.6) is 0 Å². The normalized spacial score (nSPS) is 21.2. The van der Waals surface area contributed by atoms with Crippen molar-refractivity contribution >= 4 is 12.0 Å². The van der Waals surface area contributed by atoms with E-state index in [1.54, 1.807) is 0 Å². The van der Waals surface area contributed by atoms with Crippen LogP contribution in [-0.4, -0.2) is 38.6 Å². The Labute approximate surface area is 202 Å². The summed E-state index contributed by atoms with van der Waals surface area (Å²) < 4.78 is 7.68. The first-order valence-electron chi connectivity index (χ1n) is 13.0. The minimum atomic E-state index is -0.614. The lowest BCUT2D eigenvalue weighted by Crippen LogP contribution is -2.47. The molecule has 3 aliphatic rings. The first-order valence-corrected chi connectivity index (χ1v) is 13.0. The molecule has 2 fully saturated rings. The van der Waals surface area contributed by atoms with Crippen molar-refractivity contribution in [3.8, 4) is 5.69 Å². The molecule has 5 rings (SSSR count). The molecule has 3 heterocycles. The number of piperidine rings is 1. The van der Waals surface area contributed by atoms with Crippen LogP contribution in [0.25, 0.3) is 5.69 Å². The Morgan fingerprint density at radius 3 is 2.65 bits per heavy atom. The van der Waals surface area contributed by atoms with E-state index in [2.05, 4.69) is 22.8 Å². The lowest BCUT2D eigenvalue weighted by atomic mass is 9.83. The number of carbonyl (C=O) groups is 2. The molecular weight excluding hydrogens is 426 g/mol. The van der Waals surface area contributed by atoms with Gasteiger partial charge in [-0.05, 0) is 82.4 Å². The zero-order chi connectivity index (χ0) is 23.9. The van der Waals surface area contributed by atoms with Gasteiger partial charge in [-0.15, -0.1) is 0 Å². The van der Waals surface area contributed by atoms with Gasteiger partial charge in [-0.3, -0.25) is 4.79 Å². The van der Waals surface area contributed by atoms with Gasteiger partial charge in [0.2, 0.25) is 5.91 Å². The third kappa shape index (κ3) is 4.64. The summed E-state index contributed by atoms with van der Waals surface area (Å²) in [6.07, 6.45) is 12.2. The van der Waals surface area contributed by atoms with Crippen LogP contribution in [0.1, 0.15) is 94.1 Å². The largest absolute Gasteiger partial charge is 0.443 e. The number of benzene rings is 1. The number of carbonyl (C=O) groups excluding carboxylic acids is 2. The van der Waals surface area contributed by atoms with Gasteiger partial charge in [-0.2, -0.15) is 0 Å². The molecule has 6 nitrogen and oxygen atoms in total. The fraction of sp³-hybridized carbons (Fsp3) is 0.607. The molecule has 0 radical (unpaired) electrons. The summed E-state index contributed by atoms with van der Waals surface area (Å²) in [5.41, 5.74) is 5.72. The molecule has 34 heavy (non-hydrogen) atoms. The summed E-state index contributed by atoms with van der Waals surface area (Å²) in [6, 6.07) is 7.01. The van der Waals surface area contributed by atoms with E-state index in [1.165, 1.54) is 59.5 Å². The molecule has 1 aromatic heterocycles. The van der Waals surface area contributed by atoms with Gasteiger partial charge in [-0.1, -0.05) is 31.4 Å². The summed E-state index contributed by atoms with van der Waals surface area (Å²) >= 11 is 0. The molecular formula is C28H37N3O3. The first-order chi connectivity index (χ1) is 16.3. The van der Waals surface area contributed by atoms with Crippen LogP contribution in [0.3, 0.4) is 0 Å². The van der Waals surface area contributed by atoms with Crippen LogP contribution in [0.15, 0.2) is 24.5 Å². The van der Waals surface area contributed by atoms with Crippen molar-refractivity contribution < 1.29 is 14.3 Å². The number of hydrogen-bond donors (Lipinski definition) is 0. The predicted molar refractivity (Wildman–Crippen MR) is 131 cm³/mol. The SMILES string of the molecule is CC(C)(C)OC(=O)N1CCCC(Cc2ncn3c2CCc2cc(C4CCCCC4)ccc2-3)C1=O. The molecule has 1 aromatic carbocycles. The van der Waals surface area contributed by atoms with Crippen LogP contribution in [0, 0.1) is 5.92 Å². The topological polar surface area (TPSA) is 64.4 Å². The fourth-order valence-corrected chi connectivity index (χ4v) is 5.91. The van der Waals surface area contributed by atoms with E-state index in [1.807, 2.05) is 27.1 Å². The summed E-state index contributed by atoms with van der Waals surface area (Å²) in [5.74, 6) is 0.357. The van der Waals surface area contributed by atoms with E-state index < -0.39 is 11.7 Å². The lowest BCUT2D eigenvalue weighted by Gasteiger charge is -2.32. The Kier molecular flexibility index (Phi) is 6.26. The average Bonchev–Trinajstić information content (AvgIpc) is 3.22. The quantitative estimate of drug-likeness (QED) is 0.583. The van der Waals surface area contributed by atoms with E-state index >= 15 is 0 Å². The first kappa shape index (κ1) is 23.1. The van der Waals surface area contributed by atoms with Crippen LogP contribution >= 0.6 is 0 Å². The van der Waals surface area contributed by atoms with Gasteiger partial charge in [0.25, 0.3) is 0 Å². The van der Waals surface area contributed by atoms with Crippen LogP contribution in [0.4, 0.5) is 4.79 Å². The van der Waals surface area contributed by atoms with Gasteiger partial charge < -0.3 is 9.30 Å². The second kappa shape index (κ2) is 9.20. The van der Waals surface area contributed by atoms with Crippen LogP contribution in [0.2, 0.25) is 0 Å². The molecule has 2 aromatic rings. The van der Waals surface area contributed by atoms with E-state index in [4.69, 9.17) is 9.72 Å². The predicted octanol–water partition coefficient (Wildman–Crippen LogP) is 5.73. The second-order valence-electron chi connectivity index (χ2n) is 11.2. The lowest BCUT2D eigenvalue weighted by molar-refractivity contribution is -0.137. The van der Waals surface area contributed by atoms with E-state index in [0.717, 1.165) is 31.4 Å². The number of imide groups is 1. The summed E-state index contributed by atoms with van der Waals surface area (Å²) in [5, 5.41) is 0. The Bertz CT molecular complexity index is 1080. The van der Waals surface area contributed by atoms with E-state index in [9.17, 15) is 9.59 Å². The van der Waals surface area contributed by atoms with E-state index in [0.29, 0.717) is 18.9 Å². The molecule has 0 spiro atoms. The molecule has 2 aliphatic heterocycles. The van der Waals surface area contributed by atoms with Gasteiger partial charge in [0, 0.05) is 30.3 Å². The standard InChI is InChI=1S/C28H37N3O3/c1-28(2,3)34-27(33)30-15-7-10-22(26(30)32)17-23-25-14-12-21-16-20(19-8-5-4-6-9-19)11-13-24(21)31(25)18-29-23/h11,13,16,18-19,22H,4-10,12,14-15,17H2,1-3H3. The Morgan fingerprint density at radius 1 is 1.09 bits per heavy atom. The van der Waals surface area contributed by atoms with Crippen molar-refractivity contribution in [1.29, 1.82) is 0 Å². The molecule has 0 bridgehead atoms. The zero-order valence-electron chi connectivity index (χ0n) is 20.8. The summed E-state index contributed by atoms with van der Waals surface area (Å²) in [6.45, 7) is 5.90. The van der Waals surface area contributed by atoms with Gasteiger partial charge in [-0.25, -0.2) is 14.7 Å². The highest BCUT2D eigenvalue weighted by atomic mass is 16.6. The molecule has 0 N–H and O–H groups in total. The fourth-order valence-electron chi connectivity index (χ4n) is 5.91. The maximum absolute atomic E-state index is 13.1. The molecule has 1 unspecified atom stereocenters. The molecule has 182 valence electrons. The number of aromatic nitrogens is 2. The third-order valence-corrected chi connectivity index (χ3v) is 7.63. The highest BCUT2D eigenvalue weighted by molar-refractivity contribution is 5.94. The van der Waals surface area contributed by atoms with E-state index in [-0.39, 0.29) is 11.8 Å². The third-order valence-electron chi connectivity index (χ3n) is 7.63. The van der Waals surface area contributed by atoms with Gasteiger partial charge in [0.1, 0.15) is 5.60 Å². The minimum Gasteiger partial charge on any atom is -0.443 e. The highest BCUT2D eigenvalue weighted by Crippen LogP contribution is 2.36. The molecule has 2 amide bonds. The number of hydrogen-bond acceptors (Lipinski definition) is 4. The molecule has 6 heteroatoms. The highest BCUT2D eigenvalue weighted by Gasteiger charge is 2.36. The molecule has 1 atom stereocenters. The maximum atomic E-state index is 13.1. The van der Waals surface area contributed by atoms with Crippen LogP contribution < -0.4 is 0 Å². The number of likely N-dealkylation sites (tertiary alicyclic amines) is 1. The van der Waals surface area contributed by atoms with Crippen LogP contribution in [-0.2, 0) is 28.8 Å². The maximum Gasteiger partial charge on any atom is 0.417 e. The Morgan fingerprint density at radius 2 is 1.88 bits per heavy atom. The minimum absolute atomic E-state index is 0.129. The number of fused-ring (bicyclic) bond motifs is 3. The molecule has 1 aliphatic carbocycles. The number of imidazole rings is 1. The average molecular weight is 464 g/mol. The van der Waals surface area contributed by atoms with Crippen molar-refractivity contribution in [2.75, 3.05) is 6.54 Å². The number of aryl methyl sites for hydroxylation is 1. The number of nitrogens with zero attached hydrogens (tertiary/aromatic N) is 3. The van der Waals surface area contributed by atoms with Crippen molar-refractivity contribution in [1.82, 2.24) is 14.5 Å². The zero-order valence-corrected chi connectivity index (χ0v) is 20.8. The molecule has 1 saturated heterocycles. The van der Waals surface area contributed by atoms with Crippen molar-refractivity contribution in [2.24, 2.45) is 5.92 Å². The van der Waals surface area contributed by atoms with Gasteiger partial charge in [0.05, 0.1) is 12.0 Å². The number of ether oxygens (including phenoxy) is 1. The Balaban J connectivity index is 1.32. The summed E-state index contributed by atoms with van der Waals surface area (Å²) in [7, 11) is 0. The molecule has 1 saturated carbocycles. The second-order valence-corrected chi connectivity index (χ2v) is 11.2. The Hall–Kier alpha value is -2.63. The van der Waals surface area contributed by atoms with Gasteiger partial charge in [0.15, 0.2) is 0 Å². The van der Waals surface area contributed by atoms with Crippen molar-refractivity contribution in [3.05, 3.63) is 47.0 Å². The monoisotopic (exact) mass is 463 g/mol. The van der Waals surface area contributed by atoms with Crippen molar-refractivity contribution in [2.45, 2.75) is 96.5 Å². The smallest absolute Gasteiger partial charge is 0.417 e. The van der Waals surface area contributed by atoms with Crippen molar-refractivity contribution in [3.63, 3.8) is 0 Å².